The minimum atomic E-state index is -0.218. The molecule has 3 aromatic rings. The van der Waals surface area contributed by atoms with Crippen LogP contribution in [0.2, 0.25) is 0 Å². The second-order valence-electron chi connectivity index (χ2n) is 7.27. The molecular formula is C23H30ClN5O2. The van der Waals surface area contributed by atoms with Crippen LogP contribution in [0.15, 0.2) is 42.5 Å². The summed E-state index contributed by atoms with van der Waals surface area (Å²) >= 11 is 0. The molecule has 0 unspecified atom stereocenters. The molecule has 8 heteroatoms. The Morgan fingerprint density at radius 1 is 0.742 bits per heavy atom. The summed E-state index contributed by atoms with van der Waals surface area (Å²) in [5.74, 6) is 0. The average molecular weight is 444 g/mol. The first kappa shape index (κ1) is 24.2. The molecule has 7 nitrogen and oxygen atoms in total. The lowest BCUT2D eigenvalue weighted by Gasteiger charge is -2.10. The highest BCUT2D eigenvalue weighted by atomic mass is 35.5. The van der Waals surface area contributed by atoms with Crippen LogP contribution in [-0.4, -0.2) is 30.1 Å². The highest BCUT2D eigenvalue weighted by Crippen LogP contribution is 2.24. The number of anilines is 2. The minimum Gasteiger partial charge on any atom is -0.338 e. The van der Waals surface area contributed by atoms with Crippen molar-refractivity contribution in [3.8, 4) is 0 Å². The number of carbonyl (C=O) groups is 2. The molecule has 0 aliphatic heterocycles. The van der Waals surface area contributed by atoms with Crippen molar-refractivity contribution in [2.75, 3.05) is 23.7 Å². The number of halogens is 1. The monoisotopic (exact) mass is 443 g/mol. The van der Waals surface area contributed by atoms with E-state index in [9.17, 15) is 9.59 Å². The van der Waals surface area contributed by atoms with E-state index in [1.165, 1.54) is 0 Å². The van der Waals surface area contributed by atoms with Crippen molar-refractivity contribution in [2.24, 2.45) is 0 Å². The van der Waals surface area contributed by atoms with Gasteiger partial charge in [-0.1, -0.05) is 38.8 Å². The number of benzene rings is 2. The zero-order valence-corrected chi connectivity index (χ0v) is 18.8. The van der Waals surface area contributed by atoms with Crippen LogP contribution in [0.5, 0.6) is 0 Å². The molecular weight excluding hydrogens is 414 g/mol. The molecule has 4 amide bonds. The van der Waals surface area contributed by atoms with Crippen molar-refractivity contribution >= 4 is 57.6 Å². The number of urea groups is 2. The van der Waals surface area contributed by atoms with E-state index in [4.69, 9.17) is 4.98 Å². The van der Waals surface area contributed by atoms with Gasteiger partial charge in [0.1, 0.15) is 0 Å². The van der Waals surface area contributed by atoms with Crippen LogP contribution in [0.3, 0.4) is 0 Å². The zero-order chi connectivity index (χ0) is 21.3. The van der Waals surface area contributed by atoms with Crippen LogP contribution in [0, 0.1) is 0 Å². The van der Waals surface area contributed by atoms with E-state index in [-0.39, 0.29) is 24.5 Å². The molecule has 0 aliphatic rings. The van der Waals surface area contributed by atoms with Crippen molar-refractivity contribution in [1.82, 2.24) is 15.6 Å². The second-order valence-corrected chi connectivity index (χ2v) is 7.27. The van der Waals surface area contributed by atoms with E-state index in [1.54, 1.807) is 0 Å². The van der Waals surface area contributed by atoms with Crippen LogP contribution in [-0.2, 0) is 0 Å². The quantitative estimate of drug-likeness (QED) is 0.267. The fourth-order valence-corrected chi connectivity index (χ4v) is 3.09. The van der Waals surface area contributed by atoms with Crippen LogP contribution in [0.1, 0.15) is 39.5 Å². The number of carbonyl (C=O) groups excluding carboxylic acids is 2. The summed E-state index contributed by atoms with van der Waals surface area (Å²) in [6, 6.07) is 12.9. The number of nitrogens with zero attached hydrogens (tertiary/aromatic N) is 1. The number of pyridine rings is 1. The third-order valence-electron chi connectivity index (χ3n) is 4.76. The van der Waals surface area contributed by atoms with E-state index in [1.807, 2.05) is 42.5 Å². The van der Waals surface area contributed by atoms with Gasteiger partial charge in [-0.05, 0) is 43.2 Å². The Balaban J connectivity index is 0.00000341. The molecule has 0 saturated carbocycles. The summed E-state index contributed by atoms with van der Waals surface area (Å²) in [7, 11) is 0. The molecule has 0 spiro atoms. The van der Waals surface area contributed by atoms with Gasteiger partial charge in [0.15, 0.2) is 0 Å². The SMILES string of the molecule is CCCCNC(=O)Nc1ccc2cc3ccc(NC(=O)NCCCC)cc3nc2c1.Cl. The van der Waals surface area contributed by atoms with Crippen molar-refractivity contribution in [3.63, 3.8) is 0 Å². The smallest absolute Gasteiger partial charge is 0.319 e. The van der Waals surface area contributed by atoms with Crippen molar-refractivity contribution in [3.05, 3.63) is 42.5 Å². The molecule has 1 aromatic heterocycles. The van der Waals surface area contributed by atoms with Crippen LogP contribution >= 0.6 is 12.4 Å². The molecule has 1 heterocycles. The zero-order valence-electron chi connectivity index (χ0n) is 18.0. The maximum absolute atomic E-state index is 12.0. The van der Waals surface area contributed by atoms with Crippen molar-refractivity contribution in [2.45, 2.75) is 39.5 Å². The second kappa shape index (κ2) is 12.0. The van der Waals surface area contributed by atoms with Crippen molar-refractivity contribution < 1.29 is 9.59 Å². The Morgan fingerprint density at radius 2 is 1.19 bits per heavy atom. The molecule has 4 N–H and O–H groups in total. The molecule has 0 fully saturated rings. The van der Waals surface area contributed by atoms with E-state index >= 15 is 0 Å². The van der Waals surface area contributed by atoms with Gasteiger partial charge in [-0.25, -0.2) is 14.6 Å². The summed E-state index contributed by atoms with van der Waals surface area (Å²) in [5, 5.41) is 13.3. The van der Waals surface area contributed by atoms with E-state index in [0.29, 0.717) is 24.5 Å². The number of rotatable bonds is 8. The van der Waals surface area contributed by atoms with Crippen molar-refractivity contribution in [1.29, 1.82) is 0 Å². The maximum atomic E-state index is 12.0. The van der Waals surface area contributed by atoms with Gasteiger partial charge < -0.3 is 21.3 Å². The number of hydrogen-bond donors (Lipinski definition) is 4. The Morgan fingerprint density at radius 3 is 1.61 bits per heavy atom. The molecule has 2 aromatic carbocycles. The van der Waals surface area contributed by atoms with Gasteiger partial charge in [0.2, 0.25) is 0 Å². The number of amides is 4. The van der Waals surface area contributed by atoms with E-state index in [2.05, 4.69) is 35.1 Å². The standard InChI is InChI=1S/C23H29N5O2.ClH/c1-3-5-11-24-22(29)26-18-9-7-16-13-17-8-10-19(15-21(17)28-20(16)14-18)27-23(30)25-12-6-4-2;/h7-10,13-15H,3-6,11-12H2,1-2H3,(H2,24,26,29)(H2,25,27,30);1H. The molecule has 0 atom stereocenters. The maximum Gasteiger partial charge on any atom is 0.319 e. The number of fused-ring (bicyclic) bond motifs is 2. The number of unbranched alkanes of at least 4 members (excludes halogenated alkanes) is 2. The number of aromatic nitrogens is 1. The molecule has 3 rings (SSSR count). The van der Waals surface area contributed by atoms with Gasteiger partial charge in [-0.15, -0.1) is 12.4 Å². The first-order valence-corrected chi connectivity index (χ1v) is 10.5. The first-order chi connectivity index (χ1) is 14.6. The Labute approximate surface area is 188 Å². The predicted molar refractivity (Wildman–Crippen MR) is 130 cm³/mol. The first-order valence-electron chi connectivity index (χ1n) is 10.5. The molecule has 166 valence electrons. The fourth-order valence-electron chi connectivity index (χ4n) is 3.09. The molecule has 0 saturated heterocycles. The van der Waals surface area contributed by atoms with Crippen LogP contribution in [0.4, 0.5) is 21.0 Å². The topological polar surface area (TPSA) is 95.2 Å². The number of nitrogens with one attached hydrogen (secondary N) is 4. The minimum absolute atomic E-state index is 0. The van der Waals surface area contributed by atoms with Gasteiger partial charge in [0.05, 0.1) is 11.0 Å². The lowest BCUT2D eigenvalue weighted by atomic mass is 10.1. The van der Waals surface area contributed by atoms with Gasteiger partial charge in [-0.3, -0.25) is 0 Å². The normalized spacial score (nSPS) is 10.4. The molecule has 0 bridgehead atoms. The highest BCUT2D eigenvalue weighted by Gasteiger charge is 2.07. The van der Waals surface area contributed by atoms with Crippen LogP contribution < -0.4 is 21.3 Å². The Kier molecular flexibility index (Phi) is 9.34. The van der Waals surface area contributed by atoms with Gasteiger partial charge >= 0.3 is 12.1 Å². The predicted octanol–water partition coefficient (Wildman–Crippen LogP) is 5.65. The summed E-state index contributed by atoms with van der Waals surface area (Å²) in [5.41, 5.74) is 2.93. The van der Waals surface area contributed by atoms with Crippen LogP contribution in [0.25, 0.3) is 21.8 Å². The average Bonchev–Trinajstić information content (AvgIpc) is 2.72. The molecule has 0 radical (unpaired) electrons. The lowest BCUT2D eigenvalue weighted by molar-refractivity contribution is 0.251. The Bertz CT molecular complexity index is 962. The fraction of sp³-hybridized carbons (Fsp3) is 0.348. The number of hydrogen-bond acceptors (Lipinski definition) is 3. The lowest BCUT2D eigenvalue weighted by Crippen LogP contribution is -2.29. The third-order valence-corrected chi connectivity index (χ3v) is 4.76. The molecule has 0 aliphatic carbocycles. The summed E-state index contributed by atoms with van der Waals surface area (Å²) in [6.45, 7) is 5.47. The third kappa shape index (κ3) is 7.00. The largest absolute Gasteiger partial charge is 0.338 e. The van der Waals surface area contributed by atoms with Gasteiger partial charge in [0, 0.05) is 35.2 Å². The molecule has 31 heavy (non-hydrogen) atoms. The van der Waals surface area contributed by atoms with Gasteiger partial charge in [0.25, 0.3) is 0 Å². The summed E-state index contributed by atoms with van der Waals surface area (Å²) in [6.07, 6.45) is 3.96. The summed E-state index contributed by atoms with van der Waals surface area (Å²) in [4.78, 5) is 28.7. The highest BCUT2D eigenvalue weighted by molar-refractivity contribution is 5.98. The Hall–Kier alpha value is -3.06. The summed E-state index contributed by atoms with van der Waals surface area (Å²) < 4.78 is 0. The van der Waals surface area contributed by atoms with Gasteiger partial charge in [-0.2, -0.15) is 0 Å². The van der Waals surface area contributed by atoms with E-state index in [0.717, 1.165) is 47.5 Å². The van der Waals surface area contributed by atoms with E-state index < -0.39 is 0 Å².